The van der Waals surface area contributed by atoms with Crippen molar-refractivity contribution in [2.45, 2.75) is 31.8 Å². The highest BCUT2D eigenvalue weighted by Gasteiger charge is 2.35. The number of hydrogen-bond acceptors (Lipinski definition) is 6. The number of nitrogens with zero attached hydrogens (tertiary/aromatic N) is 6. The van der Waals surface area contributed by atoms with E-state index in [-0.39, 0.29) is 17.8 Å². The Hall–Kier alpha value is -4.85. The molecule has 6 rings (SSSR count). The number of alkyl carbamates (subject to hydrolysis) is 1. The quantitative estimate of drug-likeness (QED) is 0.371. The van der Waals surface area contributed by atoms with E-state index < -0.39 is 6.09 Å². The number of benzene rings is 1. The summed E-state index contributed by atoms with van der Waals surface area (Å²) < 4.78 is 10.2. The molecule has 0 bridgehead atoms. The zero-order valence-electron chi connectivity index (χ0n) is 21.2. The number of amides is 1. The molecule has 1 amide bonds. The lowest BCUT2D eigenvalue weighted by atomic mass is 9.86. The van der Waals surface area contributed by atoms with Crippen molar-refractivity contribution in [3.05, 3.63) is 58.9 Å². The largest absolute Gasteiger partial charge is 0.450 e. The minimum atomic E-state index is -0.442. The molecular formula is C27H26N8O3. The van der Waals surface area contributed by atoms with Crippen LogP contribution in [0.4, 0.5) is 4.79 Å². The standard InChI is InChI=1S/C27H26N8O3/c1-4-38-26(36)31-18-9-19(10-18)35-24-20(34(3)27(35)37)13-29-25-22(24)21(16-7-5-15(11-28)6-8-16)23(32-25)17-12-30-33(2)14-17/h5-8,12-14,18-19H,4,9-10H2,1-3H3,(H,29,32)(H,31,36)/t18-,19+. The summed E-state index contributed by atoms with van der Waals surface area (Å²) in [5.74, 6) is 0. The van der Waals surface area contributed by atoms with Crippen molar-refractivity contribution in [2.75, 3.05) is 6.61 Å². The second kappa shape index (κ2) is 8.92. The summed E-state index contributed by atoms with van der Waals surface area (Å²) in [6.07, 6.45) is 6.22. The number of carbonyl (C=O) groups excluding carboxylic acids is 1. The Morgan fingerprint density at radius 1 is 1.21 bits per heavy atom. The Morgan fingerprint density at radius 2 is 1.97 bits per heavy atom. The molecule has 192 valence electrons. The van der Waals surface area contributed by atoms with Gasteiger partial charge in [0.15, 0.2) is 0 Å². The molecule has 0 unspecified atom stereocenters. The Kier molecular flexibility index (Phi) is 5.52. The SMILES string of the molecule is CCOC(=O)N[C@H]1C[C@@H](n2c(=O)n(C)c3cnc4[nH]c(-c5cnn(C)c5)c(-c5ccc(C#N)cc5)c4c32)C1. The maximum atomic E-state index is 13.5. The summed E-state index contributed by atoms with van der Waals surface area (Å²) in [6, 6.07) is 9.41. The number of ether oxygens (including phenoxy) is 1. The van der Waals surface area contributed by atoms with Crippen LogP contribution in [0.2, 0.25) is 0 Å². The van der Waals surface area contributed by atoms with E-state index in [0.717, 1.165) is 38.8 Å². The summed E-state index contributed by atoms with van der Waals surface area (Å²) >= 11 is 0. The van der Waals surface area contributed by atoms with E-state index >= 15 is 0 Å². The molecule has 1 saturated carbocycles. The molecule has 0 radical (unpaired) electrons. The molecule has 0 atom stereocenters. The molecule has 4 aromatic heterocycles. The predicted molar refractivity (Wildman–Crippen MR) is 141 cm³/mol. The normalized spacial score (nSPS) is 16.9. The first kappa shape index (κ1) is 23.5. The van der Waals surface area contributed by atoms with Crippen molar-refractivity contribution >= 4 is 28.2 Å². The number of nitrogens with one attached hydrogen (secondary N) is 2. The minimum absolute atomic E-state index is 0.0614. The van der Waals surface area contributed by atoms with Gasteiger partial charge in [0.1, 0.15) is 5.65 Å². The second-order valence-electron chi connectivity index (χ2n) is 9.58. The molecule has 11 nitrogen and oxygen atoms in total. The van der Waals surface area contributed by atoms with Crippen molar-refractivity contribution in [3.63, 3.8) is 0 Å². The second-order valence-corrected chi connectivity index (χ2v) is 9.58. The number of carbonyl (C=O) groups is 1. The average molecular weight is 511 g/mol. The van der Waals surface area contributed by atoms with Crippen LogP contribution in [0.25, 0.3) is 44.5 Å². The highest BCUT2D eigenvalue weighted by Crippen LogP contribution is 2.42. The molecule has 4 heterocycles. The van der Waals surface area contributed by atoms with Gasteiger partial charge in [-0.15, -0.1) is 0 Å². The molecule has 5 aromatic rings. The van der Waals surface area contributed by atoms with Crippen LogP contribution >= 0.6 is 0 Å². The van der Waals surface area contributed by atoms with Crippen molar-refractivity contribution in [1.29, 1.82) is 5.26 Å². The Bertz CT molecular complexity index is 1790. The summed E-state index contributed by atoms with van der Waals surface area (Å²) in [6.45, 7) is 2.07. The third-order valence-corrected chi connectivity index (χ3v) is 7.24. The van der Waals surface area contributed by atoms with Crippen LogP contribution < -0.4 is 11.0 Å². The molecule has 0 saturated heterocycles. The number of rotatable bonds is 5. The summed E-state index contributed by atoms with van der Waals surface area (Å²) in [5.41, 5.74) is 6.06. The van der Waals surface area contributed by atoms with Gasteiger partial charge in [-0.3, -0.25) is 13.8 Å². The number of hydrogen-bond donors (Lipinski definition) is 2. The van der Waals surface area contributed by atoms with Crippen LogP contribution in [0.1, 0.15) is 31.4 Å². The molecule has 1 aliphatic carbocycles. The van der Waals surface area contributed by atoms with Crippen molar-refractivity contribution < 1.29 is 9.53 Å². The van der Waals surface area contributed by atoms with Crippen LogP contribution in [-0.2, 0) is 18.8 Å². The van der Waals surface area contributed by atoms with Gasteiger partial charge in [-0.2, -0.15) is 10.4 Å². The van der Waals surface area contributed by atoms with Crippen LogP contribution in [0.3, 0.4) is 0 Å². The molecule has 1 aliphatic rings. The van der Waals surface area contributed by atoms with Crippen LogP contribution in [0, 0.1) is 11.3 Å². The lowest BCUT2D eigenvalue weighted by Gasteiger charge is -2.36. The Balaban J connectivity index is 1.57. The average Bonchev–Trinajstić information content (AvgIpc) is 3.56. The fourth-order valence-corrected chi connectivity index (χ4v) is 5.34. The highest BCUT2D eigenvalue weighted by atomic mass is 16.5. The van der Waals surface area contributed by atoms with Gasteiger partial charge in [-0.05, 0) is 37.5 Å². The van der Waals surface area contributed by atoms with Gasteiger partial charge >= 0.3 is 11.8 Å². The molecule has 0 aliphatic heterocycles. The molecule has 0 spiro atoms. The molecular weight excluding hydrogens is 484 g/mol. The van der Waals surface area contributed by atoms with E-state index in [9.17, 15) is 14.9 Å². The smallest absolute Gasteiger partial charge is 0.407 e. The highest BCUT2D eigenvalue weighted by molar-refractivity contribution is 6.14. The fraction of sp³-hybridized carbons (Fsp3) is 0.296. The molecule has 1 fully saturated rings. The van der Waals surface area contributed by atoms with E-state index in [1.165, 1.54) is 0 Å². The zero-order chi connectivity index (χ0) is 26.6. The lowest BCUT2D eigenvalue weighted by molar-refractivity contribution is 0.133. The first-order valence-electron chi connectivity index (χ1n) is 12.4. The number of nitriles is 1. The van der Waals surface area contributed by atoms with Crippen molar-refractivity contribution in [3.8, 4) is 28.5 Å². The number of fused-ring (bicyclic) bond motifs is 3. The summed E-state index contributed by atoms with van der Waals surface area (Å²) in [4.78, 5) is 33.6. The predicted octanol–water partition coefficient (Wildman–Crippen LogP) is 3.61. The summed E-state index contributed by atoms with van der Waals surface area (Å²) in [7, 11) is 3.61. The Labute approximate surface area is 217 Å². The molecule has 2 N–H and O–H groups in total. The van der Waals surface area contributed by atoms with Gasteiger partial charge in [0, 0.05) is 43.5 Å². The van der Waals surface area contributed by atoms with Crippen molar-refractivity contribution in [2.24, 2.45) is 14.1 Å². The lowest BCUT2D eigenvalue weighted by Crippen LogP contribution is -2.47. The van der Waals surface area contributed by atoms with E-state index in [0.29, 0.717) is 30.7 Å². The van der Waals surface area contributed by atoms with Crippen molar-refractivity contribution in [1.82, 2.24) is 34.2 Å². The summed E-state index contributed by atoms with van der Waals surface area (Å²) in [5, 5.41) is 17.4. The number of pyridine rings is 1. The van der Waals surface area contributed by atoms with Gasteiger partial charge in [-0.25, -0.2) is 14.6 Å². The van der Waals surface area contributed by atoms with Gasteiger partial charge in [0.05, 0.1) is 52.7 Å². The van der Waals surface area contributed by atoms with Crippen LogP contribution in [0.15, 0.2) is 47.7 Å². The first-order valence-corrected chi connectivity index (χ1v) is 12.4. The van der Waals surface area contributed by atoms with Gasteiger partial charge in [-0.1, -0.05) is 12.1 Å². The maximum Gasteiger partial charge on any atom is 0.407 e. The number of aromatic amines is 1. The topological polar surface area (TPSA) is 136 Å². The Morgan fingerprint density at radius 3 is 2.63 bits per heavy atom. The van der Waals surface area contributed by atoms with Crippen LogP contribution in [-0.4, -0.2) is 47.6 Å². The van der Waals surface area contributed by atoms with E-state index in [4.69, 9.17) is 9.72 Å². The monoisotopic (exact) mass is 510 g/mol. The molecule has 11 heteroatoms. The van der Waals surface area contributed by atoms with E-state index in [1.54, 1.807) is 47.7 Å². The van der Waals surface area contributed by atoms with Gasteiger partial charge in [0.25, 0.3) is 0 Å². The number of imidazole rings is 1. The van der Waals surface area contributed by atoms with Gasteiger partial charge < -0.3 is 15.0 Å². The number of aryl methyl sites for hydroxylation is 2. The zero-order valence-corrected chi connectivity index (χ0v) is 21.2. The van der Waals surface area contributed by atoms with E-state index in [2.05, 4.69) is 21.5 Å². The third kappa shape index (κ3) is 3.64. The maximum absolute atomic E-state index is 13.5. The number of aromatic nitrogens is 6. The van der Waals surface area contributed by atoms with Crippen LogP contribution in [0.5, 0.6) is 0 Å². The van der Waals surface area contributed by atoms with Gasteiger partial charge in [0.2, 0.25) is 0 Å². The molecule has 38 heavy (non-hydrogen) atoms. The number of H-pyrrole nitrogens is 1. The molecule has 1 aromatic carbocycles. The third-order valence-electron chi connectivity index (χ3n) is 7.24. The van der Waals surface area contributed by atoms with E-state index in [1.807, 2.05) is 29.9 Å². The fourth-order valence-electron chi connectivity index (χ4n) is 5.34. The minimum Gasteiger partial charge on any atom is -0.450 e. The first-order chi connectivity index (χ1) is 18.4.